The van der Waals surface area contributed by atoms with Gasteiger partial charge < -0.3 is 4.74 Å². The summed E-state index contributed by atoms with van der Waals surface area (Å²) in [5.74, 6) is -0.235. The Morgan fingerprint density at radius 1 is 1.47 bits per heavy atom. The Balaban J connectivity index is 2.80. The summed E-state index contributed by atoms with van der Waals surface area (Å²) in [6.45, 7) is 3.85. The molecule has 4 heteroatoms. The molecule has 0 saturated heterocycles. The number of carbonyl (C=O) groups is 1. The first-order valence-electron chi connectivity index (χ1n) is 4.75. The highest BCUT2D eigenvalue weighted by molar-refractivity contribution is 9.10. The highest BCUT2D eigenvalue weighted by atomic mass is 79.9. The molecular formula is C11H14BrNO2. The van der Waals surface area contributed by atoms with Crippen molar-refractivity contribution in [3.05, 3.63) is 28.5 Å². The second-order valence-electron chi connectivity index (χ2n) is 3.51. The van der Waals surface area contributed by atoms with Crippen LogP contribution in [-0.4, -0.2) is 18.1 Å². The van der Waals surface area contributed by atoms with Crippen molar-refractivity contribution in [1.29, 1.82) is 0 Å². The number of hydrogen-bond acceptors (Lipinski definition) is 3. The Morgan fingerprint density at radius 2 is 2.13 bits per heavy atom. The second kappa shape index (κ2) is 5.26. The predicted octanol–water partition coefficient (Wildman–Crippen LogP) is 2.76. The highest BCUT2D eigenvalue weighted by Crippen LogP contribution is 2.24. The average Bonchev–Trinajstić information content (AvgIpc) is 2.27. The number of nitrogens with zero attached hydrogens (tertiary/aromatic N) is 1. The molecule has 0 N–H and O–H groups in total. The van der Waals surface area contributed by atoms with Crippen molar-refractivity contribution in [3.8, 4) is 0 Å². The molecule has 15 heavy (non-hydrogen) atoms. The van der Waals surface area contributed by atoms with E-state index in [2.05, 4.69) is 20.9 Å². The fraction of sp³-hybridized carbons (Fsp3) is 0.455. The van der Waals surface area contributed by atoms with Crippen LogP contribution in [0.1, 0.15) is 25.3 Å². The Hall–Kier alpha value is -0.900. The van der Waals surface area contributed by atoms with Gasteiger partial charge in [-0.3, -0.25) is 4.79 Å². The number of methoxy groups -OCH3 is 1. The van der Waals surface area contributed by atoms with Gasteiger partial charge in [0.15, 0.2) is 0 Å². The van der Waals surface area contributed by atoms with Gasteiger partial charge >= 0.3 is 5.97 Å². The minimum atomic E-state index is -0.189. The molecule has 2 atom stereocenters. The summed E-state index contributed by atoms with van der Waals surface area (Å²) >= 11 is 3.27. The maximum absolute atomic E-state index is 11.3. The summed E-state index contributed by atoms with van der Waals surface area (Å²) in [7, 11) is 1.41. The first kappa shape index (κ1) is 12.2. The van der Waals surface area contributed by atoms with Gasteiger partial charge in [0.05, 0.1) is 13.0 Å². The van der Waals surface area contributed by atoms with Crippen molar-refractivity contribution < 1.29 is 9.53 Å². The van der Waals surface area contributed by atoms with Gasteiger partial charge in [-0.1, -0.05) is 19.9 Å². The third-order valence-electron chi connectivity index (χ3n) is 2.60. The fourth-order valence-corrected chi connectivity index (χ4v) is 1.57. The largest absolute Gasteiger partial charge is 0.469 e. The van der Waals surface area contributed by atoms with Gasteiger partial charge in [0, 0.05) is 6.20 Å². The van der Waals surface area contributed by atoms with E-state index in [4.69, 9.17) is 4.74 Å². The quantitative estimate of drug-likeness (QED) is 0.627. The molecule has 1 aromatic rings. The van der Waals surface area contributed by atoms with Crippen molar-refractivity contribution in [3.63, 3.8) is 0 Å². The van der Waals surface area contributed by atoms with E-state index in [1.54, 1.807) is 6.20 Å². The topological polar surface area (TPSA) is 39.2 Å². The van der Waals surface area contributed by atoms with Gasteiger partial charge in [0.2, 0.25) is 0 Å². The molecule has 0 spiro atoms. The van der Waals surface area contributed by atoms with Crippen LogP contribution in [0.5, 0.6) is 0 Å². The summed E-state index contributed by atoms with van der Waals surface area (Å²) < 4.78 is 5.51. The van der Waals surface area contributed by atoms with E-state index in [0.717, 1.165) is 10.2 Å². The standard InChI is InChI=1S/C11H14BrNO2/c1-7(8(2)11(14)15-3)9-4-5-10(12)13-6-9/h4-8H,1-3H3/t7-,8?/m0/s1. The lowest BCUT2D eigenvalue weighted by Gasteiger charge is -2.17. The van der Waals surface area contributed by atoms with E-state index in [0.29, 0.717) is 0 Å². The van der Waals surface area contributed by atoms with Gasteiger partial charge in [0.25, 0.3) is 0 Å². The van der Waals surface area contributed by atoms with E-state index < -0.39 is 0 Å². The summed E-state index contributed by atoms with van der Waals surface area (Å²) in [6.07, 6.45) is 1.77. The Kier molecular flexibility index (Phi) is 4.27. The van der Waals surface area contributed by atoms with Crippen molar-refractivity contribution in [2.75, 3.05) is 7.11 Å². The summed E-state index contributed by atoms with van der Waals surface area (Å²) in [4.78, 5) is 15.5. The first-order valence-corrected chi connectivity index (χ1v) is 5.55. The Labute approximate surface area is 98.0 Å². The predicted molar refractivity (Wildman–Crippen MR) is 61.5 cm³/mol. The van der Waals surface area contributed by atoms with Crippen LogP contribution in [0.2, 0.25) is 0 Å². The zero-order valence-electron chi connectivity index (χ0n) is 9.03. The minimum absolute atomic E-state index is 0.109. The highest BCUT2D eigenvalue weighted by Gasteiger charge is 2.22. The molecule has 0 aliphatic heterocycles. The molecule has 0 bridgehead atoms. The molecule has 0 aromatic carbocycles. The lowest BCUT2D eigenvalue weighted by molar-refractivity contribution is -0.145. The Bertz CT molecular complexity index is 337. The summed E-state index contributed by atoms with van der Waals surface area (Å²) in [6, 6.07) is 3.83. The molecule has 3 nitrogen and oxygen atoms in total. The molecular weight excluding hydrogens is 258 g/mol. The molecule has 0 amide bonds. The number of esters is 1. The molecule has 1 unspecified atom stereocenters. The number of carbonyl (C=O) groups excluding carboxylic acids is 1. The van der Waals surface area contributed by atoms with Crippen LogP contribution in [-0.2, 0) is 9.53 Å². The first-order chi connectivity index (χ1) is 7.06. The minimum Gasteiger partial charge on any atom is -0.469 e. The van der Waals surface area contributed by atoms with Crippen LogP contribution in [0.15, 0.2) is 22.9 Å². The van der Waals surface area contributed by atoms with E-state index in [-0.39, 0.29) is 17.8 Å². The van der Waals surface area contributed by atoms with E-state index in [1.165, 1.54) is 7.11 Å². The van der Waals surface area contributed by atoms with E-state index >= 15 is 0 Å². The maximum Gasteiger partial charge on any atom is 0.308 e. The van der Waals surface area contributed by atoms with Crippen LogP contribution in [0.4, 0.5) is 0 Å². The lowest BCUT2D eigenvalue weighted by atomic mass is 9.90. The molecule has 1 aromatic heterocycles. The molecule has 0 aliphatic rings. The van der Waals surface area contributed by atoms with Crippen molar-refractivity contribution in [2.45, 2.75) is 19.8 Å². The molecule has 1 rings (SSSR count). The number of hydrogen-bond donors (Lipinski definition) is 0. The number of halogens is 1. The molecule has 0 fully saturated rings. The molecule has 0 aliphatic carbocycles. The Morgan fingerprint density at radius 3 is 2.60 bits per heavy atom. The third kappa shape index (κ3) is 3.02. The van der Waals surface area contributed by atoms with Crippen molar-refractivity contribution >= 4 is 21.9 Å². The van der Waals surface area contributed by atoms with Crippen molar-refractivity contribution in [1.82, 2.24) is 4.98 Å². The molecule has 1 heterocycles. The number of ether oxygens (including phenoxy) is 1. The summed E-state index contributed by atoms with van der Waals surface area (Å²) in [5, 5.41) is 0. The maximum atomic E-state index is 11.3. The zero-order chi connectivity index (χ0) is 11.4. The zero-order valence-corrected chi connectivity index (χ0v) is 10.6. The van der Waals surface area contributed by atoms with Gasteiger partial charge in [-0.15, -0.1) is 0 Å². The third-order valence-corrected chi connectivity index (χ3v) is 3.07. The van der Waals surface area contributed by atoms with Gasteiger partial charge in [-0.05, 0) is 33.5 Å². The second-order valence-corrected chi connectivity index (χ2v) is 4.33. The monoisotopic (exact) mass is 271 g/mol. The van der Waals surface area contributed by atoms with E-state index in [9.17, 15) is 4.79 Å². The SMILES string of the molecule is COC(=O)C(C)[C@H](C)c1ccc(Br)nc1. The van der Waals surface area contributed by atoms with Crippen LogP contribution < -0.4 is 0 Å². The van der Waals surface area contributed by atoms with Crippen LogP contribution in [0.3, 0.4) is 0 Å². The van der Waals surface area contributed by atoms with Crippen LogP contribution in [0.25, 0.3) is 0 Å². The van der Waals surface area contributed by atoms with Gasteiger partial charge in [-0.2, -0.15) is 0 Å². The number of rotatable bonds is 3. The summed E-state index contributed by atoms with van der Waals surface area (Å²) in [5.41, 5.74) is 1.04. The van der Waals surface area contributed by atoms with Crippen molar-refractivity contribution in [2.24, 2.45) is 5.92 Å². The molecule has 0 radical (unpaired) electrons. The molecule has 82 valence electrons. The van der Waals surface area contributed by atoms with Gasteiger partial charge in [0.1, 0.15) is 4.60 Å². The fourth-order valence-electron chi connectivity index (χ4n) is 1.34. The number of pyridine rings is 1. The van der Waals surface area contributed by atoms with Gasteiger partial charge in [-0.25, -0.2) is 4.98 Å². The van der Waals surface area contributed by atoms with E-state index in [1.807, 2.05) is 26.0 Å². The van der Waals surface area contributed by atoms with Crippen LogP contribution >= 0.6 is 15.9 Å². The lowest BCUT2D eigenvalue weighted by Crippen LogP contribution is -2.18. The van der Waals surface area contributed by atoms with Crippen LogP contribution in [0, 0.1) is 5.92 Å². The molecule has 0 saturated carbocycles. The number of aromatic nitrogens is 1. The average molecular weight is 272 g/mol. The smallest absolute Gasteiger partial charge is 0.308 e. The normalized spacial score (nSPS) is 14.4.